The maximum Gasteiger partial charge on any atom is 0.270 e. The predicted octanol–water partition coefficient (Wildman–Crippen LogP) is 3.44. The number of nitrogens with zero attached hydrogens (tertiary/aromatic N) is 2. The van der Waals surface area contributed by atoms with Crippen molar-refractivity contribution in [1.82, 2.24) is 14.9 Å². The van der Waals surface area contributed by atoms with Gasteiger partial charge in [-0.15, -0.1) is 0 Å². The van der Waals surface area contributed by atoms with E-state index in [2.05, 4.69) is 10.3 Å². The zero-order valence-electron chi connectivity index (χ0n) is 13.2. The van der Waals surface area contributed by atoms with Crippen molar-refractivity contribution in [2.45, 2.75) is 18.4 Å². The Hall–Kier alpha value is -3.02. The van der Waals surface area contributed by atoms with Crippen LogP contribution in [0.3, 0.4) is 0 Å². The van der Waals surface area contributed by atoms with Gasteiger partial charge in [-0.25, -0.2) is 13.8 Å². The van der Waals surface area contributed by atoms with Crippen LogP contribution in [0.25, 0.3) is 5.69 Å². The molecule has 1 heterocycles. The van der Waals surface area contributed by atoms with Crippen LogP contribution in [0.1, 0.15) is 28.4 Å². The topological polar surface area (TPSA) is 46.9 Å². The number of hydrogen-bond donors (Lipinski definition) is 1. The van der Waals surface area contributed by atoms with Crippen molar-refractivity contribution >= 4 is 5.91 Å². The first-order chi connectivity index (χ1) is 12.1. The molecule has 0 unspecified atom stereocenters. The van der Waals surface area contributed by atoms with Crippen LogP contribution in [0.15, 0.2) is 61.1 Å². The summed E-state index contributed by atoms with van der Waals surface area (Å²) in [4.78, 5) is 16.6. The van der Waals surface area contributed by atoms with Crippen LogP contribution in [-0.2, 0) is 0 Å². The van der Waals surface area contributed by atoms with Gasteiger partial charge < -0.3 is 5.32 Å². The van der Waals surface area contributed by atoms with Gasteiger partial charge in [-0.05, 0) is 48.4 Å². The summed E-state index contributed by atoms with van der Waals surface area (Å²) in [7, 11) is 0. The first-order valence-corrected chi connectivity index (χ1v) is 7.96. The Bertz CT molecular complexity index is 920. The molecule has 1 aromatic heterocycles. The smallest absolute Gasteiger partial charge is 0.270 e. The maximum absolute atomic E-state index is 13.3. The quantitative estimate of drug-likeness (QED) is 0.791. The molecule has 2 aromatic carbocycles. The van der Waals surface area contributed by atoms with Crippen LogP contribution >= 0.6 is 0 Å². The molecule has 1 aliphatic rings. The number of benzene rings is 2. The number of hydrogen-bond acceptors (Lipinski definition) is 2. The monoisotopic (exact) mass is 339 g/mol. The molecule has 4 nitrogen and oxygen atoms in total. The summed E-state index contributed by atoms with van der Waals surface area (Å²) >= 11 is 0. The van der Waals surface area contributed by atoms with Crippen LogP contribution in [0.5, 0.6) is 0 Å². The molecule has 1 fully saturated rings. The standard InChI is InChI=1S/C19H15F2N3O/c20-13-4-6-15(7-5-13)24-11-22-10-18(24)19(25)23-17-9-16(17)12-2-1-3-14(21)8-12/h1-8,10-11,16-17H,9H2,(H,23,25)/t16-,17-/m1/s1. The molecule has 0 aliphatic heterocycles. The minimum Gasteiger partial charge on any atom is -0.347 e. The van der Waals surface area contributed by atoms with Gasteiger partial charge >= 0.3 is 0 Å². The third kappa shape index (κ3) is 3.15. The number of nitrogens with one attached hydrogen (secondary N) is 1. The summed E-state index contributed by atoms with van der Waals surface area (Å²) in [5.41, 5.74) is 1.91. The molecule has 1 aliphatic carbocycles. The van der Waals surface area contributed by atoms with Crippen molar-refractivity contribution in [3.05, 3.63) is 83.9 Å². The molecule has 0 radical (unpaired) electrons. The average Bonchev–Trinajstić information content (AvgIpc) is 3.18. The van der Waals surface area contributed by atoms with Gasteiger partial charge in [-0.2, -0.15) is 0 Å². The Morgan fingerprint density at radius 1 is 1.12 bits per heavy atom. The van der Waals surface area contributed by atoms with Crippen LogP contribution in [-0.4, -0.2) is 21.5 Å². The summed E-state index contributed by atoms with van der Waals surface area (Å²) in [5, 5.41) is 2.95. The Kier molecular flexibility index (Phi) is 3.80. The van der Waals surface area contributed by atoms with Gasteiger partial charge in [0.15, 0.2) is 0 Å². The highest BCUT2D eigenvalue weighted by Crippen LogP contribution is 2.41. The second-order valence-corrected chi connectivity index (χ2v) is 6.10. The molecule has 6 heteroatoms. The fourth-order valence-corrected chi connectivity index (χ4v) is 2.97. The lowest BCUT2D eigenvalue weighted by Gasteiger charge is -2.09. The number of carbonyl (C=O) groups is 1. The van der Waals surface area contributed by atoms with E-state index in [-0.39, 0.29) is 29.5 Å². The van der Waals surface area contributed by atoms with E-state index in [1.807, 2.05) is 6.07 Å². The Morgan fingerprint density at radius 2 is 1.92 bits per heavy atom. The molecule has 0 spiro atoms. The van der Waals surface area contributed by atoms with Gasteiger partial charge in [0.25, 0.3) is 5.91 Å². The molecule has 4 rings (SSSR count). The third-order valence-electron chi connectivity index (χ3n) is 4.36. The van der Waals surface area contributed by atoms with E-state index < -0.39 is 0 Å². The minimum atomic E-state index is -0.342. The van der Waals surface area contributed by atoms with Gasteiger partial charge in [0.05, 0.1) is 12.5 Å². The Labute approximate surface area is 143 Å². The first-order valence-electron chi connectivity index (χ1n) is 7.96. The molecule has 0 saturated heterocycles. The number of halogens is 2. The summed E-state index contributed by atoms with van der Waals surface area (Å²) < 4.78 is 28.0. The molecule has 1 amide bonds. The van der Waals surface area contributed by atoms with Gasteiger partial charge in [-0.3, -0.25) is 9.36 Å². The largest absolute Gasteiger partial charge is 0.347 e. The van der Waals surface area contributed by atoms with Crippen LogP contribution in [0.4, 0.5) is 8.78 Å². The average molecular weight is 339 g/mol. The van der Waals surface area contributed by atoms with Crippen molar-refractivity contribution in [2.24, 2.45) is 0 Å². The number of imidazole rings is 1. The van der Waals surface area contributed by atoms with E-state index in [9.17, 15) is 13.6 Å². The van der Waals surface area contributed by atoms with Crippen molar-refractivity contribution in [1.29, 1.82) is 0 Å². The highest BCUT2D eigenvalue weighted by Gasteiger charge is 2.40. The third-order valence-corrected chi connectivity index (χ3v) is 4.36. The predicted molar refractivity (Wildman–Crippen MR) is 88.5 cm³/mol. The van der Waals surface area contributed by atoms with E-state index >= 15 is 0 Å². The minimum absolute atomic E-state index is 0.0223. The summed E-state index contributed by atoms with van der Waals surface area (Å²) in [6.45, 7) is 0. The molecule has 1 N–H and O–H groups in total. The first kappa shape index (κ1) is 15.5. The maximum atomic E-state index is 13.3. The molecule has 3 aromatic rings. The lowest BCUT2D eigenvalue weighted by atomic mass is 10.1. The van der Waals surface area contributed by atoms with Crippen LogP contribution in [0, 0.1) is 11.6 Å². The summed E-state index contributed by atoms with van der Waals surface area (Å²) in [5.74, 6) is -0.748. The molecule has 0 bridgehead atoms. The Morgan fingerprint density at radius 3 is 2.68 bits per heavy atom. The van der Waals surface area contributed by atoms with Gasteiger partial charge in [0.2, 0.25) is 0 Å². The van der Waals surface area contributed by atoms with E-state index in [0.717, 1.165) is 12.0 Å². The van der Waals surface area contributed by atoms with Crippen molar-refractivity contribution < 1.29 is 13.6 Å². The lowest BCUT2D eigenvalue weighted by Crippen LogP contribution is -2.28. The SMILES string of the molecule is O=C(N[C@@H]1C[C@@H]1c1cccc(F)c1)c1cncn1-c1ccc(F)cc1. The van der Waals surface area contributed by atoms with Crippen LogP contribution < -0.4 is 5.32 Å². The van der Waals surface area contributed by atoms with Gasteiger partial charge in [0, 0.05) is 17.6 Å². The highest BCUT2D eigenvalue weighted by molar-refractivity contribution is 5.93. The zero-order chi connectivity index (χ0) is 17.4. The lowest BCUT2D eigenvalue weighted by molar-refractivity contribution is 0.0943. The Balaban J connectivity index is 1.48. The molecule has 2 atom stereocenters. The molecule has 25 heavy (non-hydrogen) atoms. The van der Waals surface area contributed by atoms with Crippen molar-refractivity contribution in [3.63, 3.8) is 0 Å². The van der Waals surface area contributed by atoms with Crippen molar-refractivity contribution in [2.75, 3.05) is 0 Å². The van der Waals surface area contributed by atoms with E-state index in [1.165, 1.54) is 36.8 Å². The number of aromatic nitrogens is 2. The fraction of sp³-hybridized carbons (Fsp3) is 0.158. The number of carbonyl (C=O) groups excluding carboxylic acids is 1. The molecular weight excluding hydrogens is 324 g/mol. The van der Waals surface area contributed by atoms with Crippen LogP contribution in [0.2, 0.25) is 0 Å². The molecule has 1 saturated carbocycles. The summed E-state index contributed by atoms with van der Waals surface area (Å²) in [6, 6.07) is 12.2. The van der Waals surface area contributed by atoms with Gasteiger partial charge in [0.1, 0.15) is 17.3 Å². The van der Waals surface area contributed by atoms with Crippen molar-refractivity contribution in [3.8, 4) is 5.69 Å². The normalized spacial score (nSPS) is 18.8. The second-order valence-electron chi connectivity index (χ2n) is 6.10. The zero-order valence-corrected chi connectivity index (χ0v) is 13.2. The summed E-state index contributed by atoms with van der Waals surface area (Å²) in [6.07, 6.45) is 3.76. The fourth-order valence-electron chi connectivity index (χ4n) is 2.97. The van der Waals surface area contributed by atoms with E-state index in [0.29, 0.717) is 11.4 Å². The van der Waals surface area contributed by atoms with E-state index in [1.54, 1.807) is 22.8 Å². The van der Waals surface area contributed by atoms with E-state index in [4.69, 9.17) is 0 Å². The number of rotatable bonds is 4. The second kappa shape index (κ2) is 6.12. The number of amides is 1. The van der Waals surface area contributed by atoms with Gasteiger partial charge in [-0.1, -0.05) is 12.1 Å². The molecular formula is C19H15F2N3O. The highest BCUT2D eigenvalue weighted by atomic mass is 19.1. The molecule has 126 valence electrons.